The maximum Gasteiger partial charge on any atom is 0.0626 e. The molecule has 1 atom stereocenters. The van der Waals surface area contributed by atoms with Crippen molar-refractivity contribution in [1.29, 1.82) is 0 Å². The molecule has 0 aliphatic rings. The van der Waals surface area contributed by atoms with Crippen molar-refractivity contribution in [2.75, 3.05) is 13.1 Å². The van der Waals surface area contributed by atoms with Gasteiger partial charge in [-0.15, -0.1) is 0 Å². The van der Waals surface area contributed by atoms with E-state index >= 15 is 0 Å². The third-order valence-electron chi connectivity index (χ3n) is 2.69. The Kier molecular flexibility index (Phi) is 6.18. The van der Waals surface area contributed by atoms with E-state index in [4.69, 9.17) is 23.2 Å². The summed E-state index contributed by atoms with van der Waals surface area (Å²) in [5, 5.41) is 4.74. The van der Waals surface area contributed by atoms with Gasteiger partial charge < -0.3 is 5.32 Å². The van der Waals surface area contributed by atoms with E-state index in [2.05, 4.69) is 25.2 Å². The van der Waals surface area contributed by atoms with Gasteiger partial charge in [0.25, 0.3) is 0 Å². The molecule has 0 bridgehead atoms. The first kappa shape index (κ1) is 13.8. The van der Waals surface area contributed by atoms with Crippen molar-refractivity contribution < 1.29 is 0 Å². The van der Waals surface area contributed by atoms with Crippen molar-refractivity contribution in [3.05, 3.63) is 33.8 Å². The molecular formula is C13H19Cl2N. The number of nitrogens with one attached hydrogen (secondary N) is 1. The predicted octanol–water partition coefficient (Wildman–Crippen LogP) is 4.49. The summed E-state index contributed by atoms with van der Waals surface area (Å²) in [6.07, 6.45) is 2.26. The van der Waals surface area contributed by atoms with Crippen molar-refractivity contribution in [2.45, 2.75) is 32.6 Å². The molecule has 1 N–H and O–H groups in total. The molecule has 90 valence electrons. The number of halogens is 2. The minimum absolute atomic E-state index is 0.440. The quantitative estimate of drug-likeness (QED) is 0.743. The summed E-state index contributed by atoms with van der Waals surface area (Å²) >= 11 is 12.2. The van der Waals surface area contributed by atoms with Gasteiger partial charge in [0.2, 0.25) is 0 Å². The lowest BCUT2D eigenvalue weighted by molar-refractivity contribution is 0.591. The van der Waals surface area contributed by atoms with E-state index in [1.54, 1.807) is 0 Å². The van der Waals surface area contributed by atoms with Gasteiger partial charge in [0.1, 0.15) is 0 Å². The van der Waals surface area contributed by atoms with Gasteiger partial charge in [-0.2, -0.15) is 0 Å². The van der Waals surface area contributed by atoms with Crippen LogP contribution in [0.25, 0.3) is 0 Å². The van der Waals surface area contributed by atoms with Gasteiger partial charge in [0.05, 0.1) is 10.0 Å². The summed E-state index contributed by atoms with van der Waals surface area (Å²) in [4.78, 5) is 0. The molecule has 0 radical (unpaired) electrons. The molecule has 0 fully saturated rings. The minimum atomic E-state index is 0.440. The van der Waals surface area contributed by atoms with Gasteiger partial charge in [-0.1, -0.05) is 49.2 Å². The van der Waals surface area contributed by atoms with Crippen molar-refractivity contribution in [3.63, 3.8) is 0 Å². The fourth-order valence-corrected chi connectivity index (χ4v) is 2.17. The molecule has 1 aromatic carbocycles. The van der Waals surface area contributed by atoms with E-state index in [1.807, 2.05) is 12.1 Å². The maximum atomic E-state index is 6.18. The van der Waals surface area contributed by atoms with Crippen LogP contribution in [0.1, 0.15) is 38.2 Å². The fraction of sp³-hybridized carbons (Fsp3) is 0.538. The van der Waals surface area contributed by atoms with Gasteiger partial charge in [0, 0.05) is 0 Å². The van der Waals surface area contributed by atoms with Crippen LogP contribution in [0.4, 0.5) is 0 Å². The number of rotatable bonds is 6. The lowest BCUT2D eigenvalue weighted by Crippen LogP contribution is -2.17. The zero-order valence-corrected chi connectivity index (χ0v) is 11.4. The molecule has 1 aromatic rings. The predicted molar refractivity (Wildman–Crippen MR) is 72.7 cm³/mol. The Balaban J connectivity index is 2.52. The van der Waals surface area contributed by atoms with E-state index in [1.165, 1.54) is 6.42 Å². The Hall–Kier alpha value is -0.240. The van der Waals surface area contributed by atoms with E-state index in [9.17, 15) is 0 Å². The summed E-state index contributed by atoms with van der Waals surface area (Å²) in [5.41, 5.74) is 1.15. The molecule has 0 amide bonds. The van der Waals surface area contributed by atoms with Gasteiger partial charge >= 0.3 is 0 Å². The average Bonchev–Trinajstić information content (AvgIpc) is 2.28. The van der Waals surface area contributed by atoms with E-state index < -0.39 is 0 Å². The van der Waals surface area contributed by atoms with Gasteiger partial charge in [-0.05, 0) is 43.5 Å². The van der Waals surface area contributed by atoms with Crippen LogP contribution in [0, 0.1) is 0 Å². The molecule has 1 nitrogen and oxygen atoms in total. The molecule has 0 aliphatic heterocycles. The van der Waals surface area contributed by atoms with Crippen LogP contribution in [0.2, 0.25) is 10.0 Å². The van der Waals surface area contributed by atoms with Crippen molar-refractivity contribution in [2.24, 2.45) is 0 Å². The third kappa shape index (κ3) is 3.97. The summed E-state index contributed by atoms with van der Waals surface area (Å²) in [5.74, 6) is 0.440. The first-order chi connectivity index (χ1) is 7.66. The first-order valence-corrected chi connectivity index (χ1v) is 6.57. The molecule has 3 heteroatoms. The number of hydrogen-bond donors (Lipinski definition) is 1. The van der Waals surface area contributed by atoms with Crippen LogP contribution < -0.4 is 5.32 Å². The molecule has 0 heterocycles. The minimum Gasteiger partial charge on any atom is -0.317 e. The number of benzene rings is 1. The SMILES string of the molecule is CCCNCCC(C)c1cccc(Cl)c1Cl. The number of hydrogen-bond acceptors (Lipinski definition) is 1. The van der Waals surface area contributed by atoms with Crippen LogP contribution in [-0.4, -0.2) is 13.1 Å². The summed E-state index contributed by atoms with van der Waals surface area (Å²) in [6.45, 7) is 6.46. The molecule has 0 aromatic heterocycles. The molecule has 0 spiro atoms. The summed E-state index contributed by atoms with van der Waals surface area (Å²) < 4.78 is 0. The van der Waals surface area contributed by atoms with Crippen LogP contribution in [0.15, 0.2) is 18.2 Å². The fourth-order valence-electron chi connectivity index (χ4n) is 1.68. The third-order valence-corrected chi connectivity index (χ3v) is 3.53. The van der Waals surface area contributed by atoms with E-state index in [0.717, 1.165) is 25.1 Å². The van der Waals surface area contributed by atoms with Crippen molar-refractivity contribution >= 4 is 23.2 Å². The summed E-state index contributed by atoms with van der Waals surface area (Å²) in [6, 6.07) is 5.84. The van der Waals surface area contributed by atoms with Crippen LogP contribution >= 0.6 is 23.2 Å². The zero-order chi connectivity index (χ0) is 12.0. The van der Waals surface area contributed by atoms with E-state index in [-0.39, 0.29) is 0 Å². The molecule has 16 heavy (non-hydrogen) atoms. The van der Waals surface area contributed by atoms with Crippen molar-refractivity contribution in [1.82, 2.24) is 5.32 Å². The molecule has 0 saturated carbocycles. The Morgan fingerprint density at radius 3 is 2.69 bits per heavy atom. The maximum absolute atomic E-state index is 6.18. The molecule has 1 unspecified atom stereocenters. The Bertz CT molecular complexity index is 326. The molecular weight excluding hydrogens is 241 g/mol. The topological polar surface area (TPSA) is 12.0 Å². The second-order valence-electron chi connectivity index (χ2n) is 4.08. The Morgan fingerprint density at radius 2 is 2.00 bits per heavy atom. The first-order valence-electron chi connectivity index (χ1n) is 5.81. The molecule has 1 rings (SSSR count). The zero-order valence-electron chi connectivity index (χ0n) is 9.89. The standard InChI is InChI=1S/C13H19Cl2N/c1-3-8-16-9-7-10(2)11-5-4-6-12(14)13(11)15/h4-6,10,16H,3,7-9H2,1-2H3. The van der Waals surface area contributed by atoms with Crippen LogP contribution in [0.3, 0.4) is 0 Å². The second-order valence-corrected chi connectivity index (χ2v) is 4.87. The second kappa shape index (κ2) is 7.16. The monoisotopic (exact) mass is 259 g/mol. The van der Waals surface area contributed by atoms with Crippen molar-refractivity contribution in [3.8, 4) is 0 Å². The lowest BCUT2D eigenvalue weighted by Gasteiger charge is -2.14. The van der Waals surface area contributed by atoms with Gasteiger partial charge in [0.15, 0.2) is 0 Å². The van der Waals surface area contributed by atoms with Crippen LogP contribution in [-0.2, 0) is 0 Å². The van der Waals surface area contributed by atoms with Gasteiger partial charge in [-0.25, -0.2) is 0 Å². The highest BCUT2D eigenvalue weighted by Crippen LogP contribution is 2.31. The van der Waals surface area contributed by atoms with Gasteiger partial charge in [-0.3, -0.25) is 0 Å². The van der Waals surface area contributed by atoms with E-state index in [0.29, 0.717) is 16.0 Å². The molecule has 0 aliphatic carbocycles. The largest absolute Gasteiger partial charge is 0.317 e. The Morgan fingerprint density at radius 1 is 1.25 bits per heavy atom. The summed E-state index contributed by atoms with van der Waals surface area (Å²) in [7, 11) is 0. The highest BCUT2D eigenvalue weighted by Gasteiger charge is 2.11. The Labute approximate surface area is 108 Å². The average molecular weight is 260 g/mol. The smallest absolute Gasteiger partial charge is 0.0626 e. The van der Waals surface area contributed by atoms with Crippen LogP contribution in [0.5, 0.6) is 0 Å². The molecule has 0 saturated heterocycles. The lowest BCUT2D eigenvalue weighted by atomic mass is 9.98. The normalized spacial score (nSPS) is 12.8. The highest BCUT2D eigenvalue weighted by atomic mass is 35.5. The highest BCUT2D eigenvalue weighted by molar-refractivity contribution is 6.42.